The van der Waals surface area contributed by atoms with Crippen molar-refractivity contribution in [3.63, 3.8) is 0 Å². The molecule has 0 radical (unpaired) electrons. The van der Waals surface area contributed by atoms with E-state index in [4.69, 9.17) is 5.73 Å². The number of nitrogen functional groups attached to an aromatic ring is 1. The summed E-state index contributed by atoms with van der Waals surface area (Å²) < 4.78 is 2.81. The third-order valence-corrected chi connectivity index (χ3v) is 3.08. The van der Waals surface area contributed by atoms with Crippen molar-refractivity contribution in [3.8, 4) is 0 Å². The van der Waals surface area contributed by atoms with E-state index in [0.717, 1.165) is 4.88 Å². The van der Waals surface area contributed by atoms with Crippen molar-refractivity contribution in [2.45, 2.75) is 6.54 Å². The zero-order valence-electron chi connectivity index (χ0n) is 8.65. The highest BCUT2D eigenvalue weighted by Crippen LogP contribution is 2.14. The molecular formula is C9H8N6OS. The first-order valence-corrected chi connectivity index (χ1v) is 5.65. The van der Waals surface area contributed by atoms with E-state index in [2.05, 4.69) is 15.1 Å². The number of fused-ring (bicyclic) bond motifs is 1. The molecule has 0 bridgehead atoms. The number of aromatic nitrogens is 5. The van der Waals surface area contributed by atoms with E-state index in [-0.39, 0.29) is 5.69 Å². The average molecular weight is 248 g/mol. The predicted molar refractivity (Wildman–Crippen MR) is 62.9 cm³/mol. The summed E-state index contributed by atoms with van der Waals surface area (Å²) in [5.41, 5.74) is 5.85. The second-order valence-electron chi connectivity index (χ2n) is 3.41. The van der Waals surface area contributed by atoms with E-state index < -0.39 is 0 Å². The number of rotatable bonds is 2. The Morgan fingerprint density at radius 2 is 2.29 bits per heavy atom. The van der Waals surface area contributed by atoms with E-state index in [9.17, 15) is 4.79 Å². The standard InChI is InChI=1S/C9H8N6OS/c10-8-12-3-6(17-8)5-15-9(16)14-2-1-11-4-7(14)13-15/h1-4H,5H2,(H2,10,12). The lowest BCUT2D eigenvalue weighted by molar-refractivity contribution is 0.665. The number of hydrogen-bond donors (Lipinski definition) is 1. The van der Waals surface area contributed by atoms with Gasteiger partial charge in [-0.3, -0.25) is 4.98 Å². The molecule has 0 unspecified atom stereocenters. The molecule has 3 aromatic rings. The molecule has 0 aliphatic heterocycles. The minimum Gasteiger partial charge on any atom is -0.375 e. The van der Waals surface area contributed by atoms with Gasteiger partial charge < -0.3 is 5.73 Å². The maximum absolute atomic E-state index is 11.9. The number of anilines is 1. The minimum absolute atomic E-state index is 0.200. The Hall–Kier alpha value is -2.22. The van der Waals surface area contributed by atoms with Gasteiger partial charge in [0.25, 0.3) is 0 Å². The zero-order valence-corrected chi connectivity index (χ0v) is 9.46. The van der Waals surface area contributed by atoms with Crippen LogP contribution in [0.4, 0.5) is 5.13 Å². The maximum Gasteiger partial charge on any atom is 0.350 e. The third kappa shape index (κ3) is 1.68. The van der Waals surface area contributed by atoms with E-state index in [0.29, 0.717) is 17.3 Å². The molecule has 3 heterocycles. The molecule has 3 rings (SSSR count). The van der Waals surface area contributed by atoms with Gasteiger partial charge in [-0.1, -0.05) is 0 Å². The fourth-order valence-electron chi connectivity index (χ4n) is 1.53. The van der Waals surface area contributed by atoms with Crippen molar-refractivity contribution in [2.24, 2.45) is 0 Å². The molecule has 0 saturated heterocycles. The second kappa shape index (κ2) is 3.67. The van der Waals surface area contributed by atoms with Crippen molar-refractivity contribution < 1.29 is 0 Å². The van der Waals surface area contributed by atoms with Crippen LogP contribution in [-0.4, -0.2) is 24.1 Å². The van der Waals surface area contributed by atoms with Crippen molar-refractivity contribution in [2.75, 3.05) is 5.73 Å². The van der Waals surface area contributed by atoms with Crippen LogP contribution >= 0.6 is 11.3 Å². The van der Waals surface area contributed by atoms with Crippen molar-refractivity contribution >= 4 is 22.1 Å². The molecule has 8 heteroatoms. The Morgan fingerprint density at radius 1 is 1.41 bits per heavy atom. The smallest absolute Gasteiger partial charge is 0.350 e. The largest absolute Gasteiger partial charge is 0.375 e. The fraction of sp³-hybridized carbons (Fsp3) is 0.111. The van der Waals surface area contributed by atoms with Gasteiger partial charge in [0.05, 0.1) is 12.7 Å². The number of nitrogens with zero attached hydrogens (tertiary/aromatic N) is 5. The van der Waals surface area contributed by atoms with Gasteiger partial charge in [0.15, 0.2) is 10.8 Å². The Bertz CT molecular complexity index is 726. The van der Waals surface area contributed by atoms with Crippen LogP contribution in [0.15, 0.2) is 29.6 Å². The van der Waals surface area contributed by atoms with Gasteiger partial charge in [-0.2, -0.15) is 0 Å². The summed E-state index contributed by atoms with van der Waals surface area (Å²) in [5.74, 6) is 0. The van der Waals surface area contributed by atoms with E-state index in [1.54, 1.807) is 24.8 Å². The number of nitrogens with two attached hydrogens (primary N) is 1. The normalized spacial score (nSPS) is 11.1. The molecule has 0 aliphatic carbocycles. The Kier molecular flexibility index (Phi) is 2.15. The van der Waals surface area contributed by atoms with Crippen LogP contribution < -0.4 is 11.4 Å². The molecule has 3 aromatic heterocycles. The van der Waals surface area contributed by atoms with Crippen LogP contribution in [0, 0.1) is 0 Å². The summed E-state index contributed by atoms with van der Waals surface area (Å²) in [6, 6.07) is 0. The quantitative estimate of drug-likeness (QED) is 0.688. The van der Waals surface area contributed by atoms with E-state index in [1.165, 1.54) is 20.4 Å². The molecule has 17 heavy (non-hydrogen) atoms. The highest BCUT2D eigenvalue weighted by molar-refractivity contribution is 7.15. The Balaban J connectivity index is 2.06. The molecule has 2 N–H and O–H groups in total. The summed E-state index contributed by atoms with van der Waals surface area (Å²) in [7, 11) is 0. The number of thiazole rings is 1. The minimum atomic E-state index is -0.200. The Morgan fingerprint density at radius 3 is 3.00 bits per heavy atom. The maximum atomic E-state index is 11.9. The third-order valence-electron chi connectivity index (χ3n) is 2.27. The van der Waals surface area contributed by atoms with Crippen LogP contribution in [0.1, 0.15) is 4.88 Å². The second-order valence-corrected chi connectivity index (χ2v) is 4.56. The van der Waals surface area contributed by atoms with Gasteiger partial charge in [-0.05, 0) is 0 Å². The van der Waals surface area contributed by atoms with E-state index >= 15 is 0 Å². The monoisotopic (exact) mass is 248 g/mol. The lowest BCUT2D eigenvalue weighted by atomic mass is 10.5. The predicted octanol–water partition coefficient (Wildman–Crippen LogP) is -0.0220. The molecule has 0 saturated carbocycles. The van der Waals surface area contributed by atoms with Crippen LogP contribution in [0.25, 0.3) is 5.65 Å². The SMILES string of the molecule is Nc1ncc(Cn2nc3cnccn3c2=O)s1. The van der Waals surface area contributed by atoms with Crippen LogP contribution in [0.5, 0.6) is 0 Å². The summed E-state index contributed by atoms with van der Waals surface area (Å²) in [4.78, 5) is 20.7. The first-order valence-electron chi connectivity index (χ1n) is 4.83. The summed E-state index contributed by atoms with van der Waals surface area (Å²) >= 11 is 1.34. The Labute approximate surface area is 99.2 Å². The molecule has 7 nitrogen and oxygen atoms in total. The number of hydrogen-bond acceptors (Lipinski definition) is 6. The highest BCUT2D eigenvalue weighted by atomic mass is 32.1. The summed E-state index contributed by atoms with van der Waals surface area (Å²) in [5, 5.41) is 4.64. The van der Waals surface area contributed by atoms with Gasteiger partial charge in [0.2, 0.25) is 0 Å². The summed E-state index contributed by atoms with van der Waals surface area (Å²) in [6.07, 6.45) is 6.32. The average Bonchev–Trinajstić information content (AvgIpc) is 2.86. The van der Waals surface area contributed by atoms with Gasteiger partial charge in [0, 0.05) is 23.5 Å². The van der Waals surface area contributed by atoms with E-state index in [1.807, 2.05) is 0 Å². The molecular weight excluding hydrogens is 240 g/mol. The molecule has 0 amide bonds. The van der Waals surface area contributed by atoms with Crippen LogP contribution in [0.2, 0.25) is 0 Å². The van der Waals surface area contributed by atoms with Crippen molar-refractivity contribution in [1.29, 1.82) is 0 Å². The lowest BCUT2D eigenvalue weighted by Crippen LogP contribution is -2.21. The topological polar surface area (TPSA) is 91.1 Å². The van der Waals surface area contributed by atoms with Crippen molar-refractivity contribution in [1.82, 2.24) is 24.1 Å². The van der Waals surface area contributed by atoms with Crippen molar-refractivity contribution in [3.05, 3.63) is 40.1 Å². The van der Waals surface area contributed by atoms with Gasteiger partial charge in [-0.15, -0.1) is 16.4 Å². The molecule has 0 atom stereocenters. The highest BCUT2D eigenvalue weighted by Gasteiger charge is 2.08. The van der Waals surface area contributed by atoms with Gasteiger partial charge in [0.1, 0.15) is 0 Å². The first kappa shape index (κ1) is 9.97. The fourth-order valence-corrected chi connectivity index (χ4v) is 2.19. The summed E-state index contributed by atoms with van der Waals surface area (Å²) in [6.45, 7) is 0.370. The van der Waals surface area contributed by atoms with Crippen LogP contribution in [0.3, 0.4) is 0 Å². The van der Waals surface area contributed by atoms with Gasteiger partial charge >= 0.3 is 5.69 Å². The zero-order chi connectivity index (χ0) is 11.8. The first-order chi connectivity index (χ1) is 8.24. The molecule has 0 fully saturated rings. The molecule has 86 valence electrons. The molecule has 0 aromatic carbocycles. The lowest BCUT2D eigenvalue weighted by Gasteiger charge is -1.93. The van der Waals surface area contributed by atoms with Crippen LogP contribution in [-0.2, 0) is 6.54 Å². The molecule has 0 spiro atoms. The molecule has 0 aliphatic rings. The van der Waals surface area contributed by atoms with Gasteiger partial charge in [-0.25, -0.2) is 18.9 Å².